The zero-order valence-electron chi connectivity index (χ0n) is 10.6. The highest BCUT2D eigenvalue weighted by atomic mass is 32.2. The molecule has 19 heavy (non-hydrogen) atoms. The first-order valence-corrected chi connectivity index (χ1v) is 8.49. The second-order valence-corrected chi connectivity index (χ2v) is 7.44. The van der Waals surface area contributed by atoms with Crippen LogP contribution in [-0.4, -0.2) is 32.4 Å². The molecule has 0 amide bonds. The highest BCUT2D eigenvalue weighted by Gasteiger charge is 2.13. The summed E-state index contributed by atoms with van der Waals surface area (Å²) in [7, 11) is -3.61. The van der Waals surface area contributed by atoms with Crippen molar-refractivity contribution in [3.8, 4) is 0 Å². The van der Waals surface area contributed by atoms with E-state index >= 15 is 0 Å². The van der Waals surface area contributed by atoms with Crippen LogP contribution in [0.5, 0.6) is 0 Å². The molecule has 1 aromatic rings. The summed E-state index contributed by atoms with van der Waals surface area (Å²) in [6.45, 7) is 2.28. The molecule has 8 heteroatoms. The van der Waals surface area contributed by atoms with Gasteiger partial charge in [0.25, 0.3) is 0 Å². The number of sulfonamides is 1. The number of hydrogen-bond acceptors (Lipinski definition) is 4. The fraction of sp³-hybridized carbons (Fsp3) is 0.545. The van der Waals surface area contributed by atoms with Crippen molar-refractivity contribution < 1.29 is 8.42 Å². The molecule has 1 aliphatic heterocycles. The van der Waals surface area contributed by atoms with Crippen LogP contribution in [-0.2, 0) is 16.6 Å². The van der Waals surface area contributed by atoms with Gasteiger partial charge in [0.1, 0.15) is 4.21 Å². The van der Waals surface area contributed by atoms with Crippen LogP contribution in [0.3, 0.4) is 0 Å². The average Bonchev–Trinajstić information content (AvgIpc) is 2.86. The molecule has 106 valence electrons. The smallest absolute Gasteiger partial charge is 0.247 e. The number of piperidine rings is 1. The maximum Gasteiger partial charge on any atom is 0.247 e. The Morgan fingerprint density at radius 3 is 2.58 bits per heavy atom. The van der Waals surface area contributed by atoms with Gasteiger partial charge in [-0.3, -0.25) is 0 Å². The monoisotopic (exact) mass is 302 g/mol. The Labute approximate surface area is 117 Å². The Bertz CT molecular complexity index is 559. The summed E-state index contributed by atoms with van der Waals surface area (Å²) >= 11 is 1.13. The molecule has 1 fully saturated rings. The first-order chi connectivity index (χ1) is 8.97. The number of thiophene rings is 1. The van der Waals surface area contributed by atoms with Crippen molar-refractivity contribution in [1.82, 2.24) is 4.90 Å². The van der Waals surface area contributed by atoms with Gasteiger partial charge < -0.3 is 10.6 Å². The topological polar surface area (TPSA) is 102 Å². The van der Waals surface area contributed by atoms with Gasteiger partial charge >= 0.3 is 0 Å². The fourth-order valence-corrected chi connectivity index (χ4v) is 3.68. The van der Waals surface area contributed by atoms with E-state index in [0.29, 0.717) is 12.5 Å². The lowest BCUT2D eigenvalue weighted by atomic mass is 10.1. The van der Waals surface area contributed by atoms with Crippen LogP contribution < -0.4 is 10.9 Å². The van der Waals surface area contributed by atoms with Crippen molar-refractivity contribution in [2.24, 2.45) is 15.9 Å². The van der Waals surface area contributed by atoms with Crippen molar-refractivity contribution in [3.63, 3.8) is 0 Å². The van der Waals surface area contributed by atoms with Crippen LogP contribution in [0.15, 0.2) is 21.3 Å². The Balaban J connectivity index is 1.99. The third-order valence-electron chi connectivity index (χ3n) is 2.99. The standard InChI is InChI=1S/C11H18N4O2S2/c12-11(15-6-2-1-3-7-15)14-8-9-4-5-10(18-9)19(13,16)17/h4-5H,1-3,6-8H2,(H2,12,14)(H2,13,16,17). The van der Waals surface area contributed by atoms with Gasteiger partial charge in [0.15, 0.2) is 5.96 Å². The molecule has 2 heterocycles. The van der Waals surface area contributed by atoms with Crippen LogP contribution in [0.1, 0.15) is 24.1 Å². The predicted molar refractivity (Wildman–Crippen MR) is 76.4 cm³/mol. The van der Waals surface area contributed by atoms with Gasteiger partial charge in [-0.1, -0.05) is 0 Å². The lowest BCUT2D eigenvalue weighted by Crippen LogP contribution is -2.40. The number of primary sulfonamides is 1. The summed E-state index contributed by atoms with van der Waals surface area (Å²) in [5, 5.41) is 5.06. The third-order valence-corrected chi connectivity index (χ3v) is 5.50. The van der Waals surface area contributed by atoms with Crippen molar-refractivity contribution in [3.05, 3.63) is 17.0 Å². The van der Waals surface area contributed by atoms with Crippen molar-refractivity contribution >= 4 is 27.3 Å². The van der Waals surface area contributed by atoms with Gasteiger partial charge in [-0.25, -0.2) is 18.5 Å². The molecule has 2 rings (SSSR count). The quantitative estimate of drug-likeness (QED) is 0.633. The Morgan fingerprint density at radius 2 is 2.00 bits per heavy atom. The molecule has 0 radical (unpaired) electrons. The Hall–Kier alpha value is -1.12. The molecule has 1 aromatic heterocycles. The van der Waals surface area contributed by atoms with E-state index in [1.807, 2.05) is 0 Å². The molecule has 0 aliphatic carbocycles. The SMILES string of the molecule is NC(=NCc1ccc(S(N)(=O)=O)s1)N1CCCCC1. The minimum absolute atomic E-state index is 0.161. The number of nitrogens with two attached hydrogens (primary N) is 2. The summed E-state index contributed by atoms with van der Waals surface area (Å²) in [5.41, 5.74) is 5.93. The van der Waals surface area contributed by atoms with E-state index in [-0.39, 0.29) is 4.21 Å². The minimum Gasteiger partial charge on any atom is -0.370 e. The largest absolute Gasteiger partial charge is 0.370 e. The summed E-state index contributed by atoms with van der Waals surface area (Å²) in [6, 6.07) is 3.22. The molecule has 0 saturated carbocycles. The summed E-state index contributed by atoms with van der Waals surface area (Å²) in [6.07, 6.45) is 3.53. The maximum atomic E-state index is 11.2. The highest BCUT2D eigenvalue weighted by Crippen LogP contribution is 2.21. The van der Waals surface area contributed by atoms with E-state index in [2.05, 4.69) is 9.89 Å². The first-order valence-electron chi connectivity index (χ1n) is 6.13. The normalized spacial score (nSPS) is 17.7. The summed E-state index contributed by atoms with van der Waals surface area (Å²) in [4.78, 5) is 7.21. The number of aliphatic imine (C=N–C) groups is 1. The van der Waals surface area contributed by atoms with Gasteiger partial charge in [0, 0.05) is 18.0 Å². The maximum absolute atomic E-state index is 11.2. The Kier molecular flexibility index (Phi) is 4.43. The van der Waals surface area contributed by atoms with E-state index in [4.69, 9.17) is 10.9 Å². The first kappa shape index (κ1) is 14.3. The molecule has 0 bridgehead atoms. The number of guanidine groups is 1. The van der Waals surface area contributed by atoms with E-state index < -0.39 is 10.0 Å². The fourth-order valence-electron chi connectivity index (χ4n) is 1.98. The van der Waals surface area contributed by atoms with Gasteiger partial charge in [-0.15, -0.1) is 11.3 Å². The highest BCUT2D eigenvalue weighted by molar-refractivity contribution is 7.91. The minimum atomic E-state index is -3.61. The molecular weight excluding hydrogens is 284 g/mol. The van der Waals surface area contributed by atoms with Crippen molar-refractivity contribution in [1.29, 1.82) is 0 Å². The number of hydrogen-bond donors (Lipinski definition) is 2. The van der Waals surface area contributed by atoms with Crippen molar-refractivity contribution in [2.75, 3.05) is 13.1 Å². The molecular formula is C11H18N4O2S2. The number of nitrogens with zero attached hydrogens (tertiary/aromatic N) is 2. The molecule has 4 N–H and O–H groups in total. The molecule has 0 aromatic carbocycles. The van der Waals surface area contributed by atoms with Crippen LogP contribution in [0.2, 0.25) is 0 Å². The summed E-state index contributed by atoms with van der Waals surface area (Å²) in [5.74, 6) is 0.533. The average molecular weight is 302 g/mol. The van der Waals surface area contributed by atoms with E-state index in [1.54, 1.807) is 6.07 Å². The van der Waals surface area contributed by atoms with E-state index in [0.717, 1.165) is 42.1 Å². The lowest BCUT2D eigenvalue weighted by molar-refractivity contribution is 0.338. The van der Waals surface area contributed by atoms with Gasteiger partial charge in [-0.05, 0) is 31.4 Å². The molecule has 0 atom stereocenters. The van der Waals surface area contributed by atoms with Crippen LogP contribution in [0.25, 0.3) is 0 Å². The van der Waals surface area contributed by atoms with Crippen LogP contribution in [0.4, 0.5) is 0 Å². The second kappa shape index (κ2) is 5.89. The van der Waals surface area contributed by atoms with Crippen LogP contribution >= 0.6 is 11.3 Å². The molecule has 6 nitrogen and oxygen atoms in total. The van der Waals surface area contributed by atoms with E-state index in [1.165, 1.54) is 12.5 Å². The zero-order valence-corrected chi connectivity index (χ0v) is 12.2. The number of likely N-dealkylation sites (tertiary alicyclic amines) is 1. The summed E-state index contributed by atoms with van der Waals surface area (Å²) < 4.78 is 22.5. The van der Waals surface area contributed by atoms with Gasteiger partial charge in [0.05, 0.1) is 6.54 Å². The van der Waals surface area contributed by atoms with E-state index in [9.17, 15) is 8.42 Å². The molecule has 1 aliphatic rings. The van der Waals surface area contributed by atoms with Crippen LogP contribution in [0, 0.1) is 0 Å². The number of rotatable bonds is 3. The second-order valence-electron chi connectivity index (χ2n) is 4.49. The van der Waals surface area contributed by atoms with Gasteiger partial charge in [0.2, 0.25) is 10.0 Å². The molecule has 1 saturated heterocycles. The van der Waals surface area contributed by atoms with Crippen molar-refractivity contribution in [2.45, 2.75) is 30.0 Å². The molecule has 0 spiro atoms. The zero-order chi connectivity index (χ0) is 13.9. The predicted octanol–water partition coefficient (Wildman–Crippen LogP) is 0.696. The Morgan fingerprint density at radius 1 is 1.32 bits per heavy atom. The molecule has 0 unspecified atom stereocenters. The lowest BCUT2D eigenvalue weighted by Gasteiger charge is -2.27. The third kappa shape index (κ3) is 3.92. The van der Waals surface area contributed by atoms with Gasteiger partial charge in [-0.2, -0.15) is 0 Å².